The average Bonchev–Trinajstić information content (AvgIpc) is 2.63. The number of methoxy groups -OCH3 is 1. The van der Waals surface area contributed by atoms with E-state index in [4.69, 9.17) is 21.1 Å². The van der Waals surface area contributed by atoms with E-state index in [0.717, 1.165) is 10.6 Å². The molecule has 25 heavy (non-hydrogen) atoms. The Bertz CT molecular complexity index is 691. The third-order valence-corrected chi connectivity index (χ3v) is 4.33. The van der Waals surface area contributed by atoms with Crippen molar-refractivity contribution in [1.82, 2.24) is 0 Å². The van der Waals surface area contributed by atoms with Crippen molar-refractivity contribution in [3.8, 4) is 11.5 Å². The second-order valence-electron chi connectivity index (χ2n) is 5.81. The zero-order chi connectivity index (χ0) is 18.2. The first kappa shape index (κ1) is 19.1. The Kier molecular flexibility index (Phi) is 7.10. The van der Waals surface area contributed by atoms with Crippen molar-refractivity contribution in [3.05, 3.63) is 53.6 Å². The van der Waals surface area contributed by atoms with Crippen LogP contribution in [0.25, 0.3) is 0 Å². The molecule has 6 heteroatoms. The summed E-state index contributed by atoms with van der Waals surface area (Å²) in [5.41, 5.74) is 0.673. The summed E-state index contributed by atoms with van der Waals surface area (Å²) < 4.78 is 10.9. The minimum atomic E-state index is -0.223. The van der Waals surface area contributed by atoms with Crippen molar-refractivity contribution in [3.63, 3.8) is 0 Å². The standard InChI is InChI=1S/C19H23ClN2O3/c1-14(19(23)21-17-6-4-5-7-18(17)24-3)22(2)12-13-25-16-10-8-15(20)9-11-16/h4-11,14H,12-13H2,1-3H3,(H,21,23)/p+1/t14-/m1/s1. The molecule has 1 unspecified atom stereocenters. The zero-order valence-electron chi connectivity index (χ0n) is 14.7. The highest BCUT2D eigenvalue weighted by Crippen LogP contribution is 2.22. The van der Waals surface area contributed by atoms with Crippen molar-refractivity contribution < 1.29 is 19.2 Å². The van der Waals surface area contributed by atoms with Gasteiger partial charge in [-0.05, 0) is 43.3 Å². The second-order valence-corrected chi connectivity index (χ2v) is 6.25. The Hall–Kier alpha value is -2.24. The van der Waals surface area contributed by atoms with Crippen LogP contribution in [-0.2, 0) is 4.79 Å². The number of quaternary nitrogens is 1. The number of para-hydroxylation sites is 2. The molecule has 2 atom stereocenters. The molecule has 0 saturated carbocycles. The molecule has 0 spiro atoms. The number of carbonyl (C=O) groups is 1. The molecule has 1 amide bonds. The van der Waals surface area contributed by atoms with Crippen LogP contribution in [-0.4, -0.2) is 39.3 Å². The van der Waals surface area contributed by atoms with Crippen LogP contribution in [0.4, 0.5) is 5.69 Å². The number of nitrogens with one attached hydrogen (secondary N) is 2. The molecule has 0 radical (unpaired) electrons. The highest BCUT2D eigenvalue weighted by Gasteiger charge is 2.22. The van der Waals surface area contributed by atoms with Gasteiger partial charge in [-0.3, -0.25) is 4.79 Å². The van der Waals surface area contributed by atoms with Crippen molar-refractivity contribution in [2.24, 2.45) is 0 Å². The summed E-state index contributed by atoms with van der Waals surface area (Å²) in [5.74, 6) is 1.35. The van der Waals surface area contributed by atoms with Gasteiger partial charge in [-0.15, -0.1) is 0 Å². The summed E-state index contributed by atoms with van der Waals surface area (Å²) in [6.07, 6.45) is 0. The third kappa shape index (κ3) is 5.66. The molecule has 134 valence electrons. The SMILES string of the molecule is COc1ccccc1NC(=O)[C@@H](C)[NH+](C)CCOc1ccc(Cl)cc1. The predicted octanol–water partition coefficient (Wildman–Crippen LogP) is 2.27. The van der Waals surface area contributed by atoms with Crippen LogP contribution >= 0.6 is 11.6 Å². The Morgan fingerprint density at radius 1 is 1.20 bits per heavy atom. The Labute approximate surface area is 153 Å². The fourth-order valence-electron chi connectivity index (χ4n) is 2.29. The minimum Gasteiger partial charge on any atom is -0.495 e. The predicted molar refractivity (Wildman–Crippen MR) is 99.8 cm³/mol. The summed E-state index contributed by atoms with van der Waals surface area (Å²) >= 11 is 5.85. The number of anilines is 1. The van der Waals surface area contributed by atoms with Crippen molar-refractivity contribution in [2.45, 2.75) is 13.0 Å². The lowest BCUT2D eigenvalue weighted by atomic mass is 10.2. The maximum Gasteiger partial charge on any atom is 0.282 e. The first-order valence-electron chi connectivity index (χ1n) is 8.16. The van der Waals surface area contributed by atoms with Gasteiger partial charge in [-0.25, -0.2) is 0 Å². The Morgan fingerprint density at radius 2 is 1.88 bits per heavy atom. The topological polar surface area (TPSA) is 52.0 Å². The molecule has 2 aromatic carbocycles. The van der Waals surface area contributed by atoms with E-state index in [9.17, 15) is 4.79 Å². The van der Waals surface area contributed by atoms with E-state index in [1.807, 2.05) is 50.4 Å². The van der Waals surface area contributed by atoms with E-state index in [1.165, 1.54) is 0 Å². The number of likely N-dealkylation sites (N-methyl/N-ethyl adjacent to an activating group) is 1. The van der Waals surface area contributed by atoms with Crippen LogP contribution in [0.3, 0.4) is 0 Å². The van der Waals surface area contributed by atoms with Gasteiger partial charge in [-0.1, -0.05) is 23.7 Å². The molecule has 0 saturated heterocycles. The molecule has 0 aliphatic carbocycles. The summed E-state index contributed by atoms with van der Waals surface area (Å²) in [6.45, 7) is 3.10. The van der Waals surface area contributed by atoms with Gasteiger partial charge in [0.15, 0.2) is 6.04 Å². The summed E-state index contributed by atoms with van der Waals surface area (Å²) in [7, 11) is 3.55. The van der Waals surface area contributed by atoms with Gasteiger partial charge in [0.1, 0.15) is 24.7 Å². The smallest absolute Gasteiger partial charge is 0.282 e. The Morgan fingerprint density at radius 3 is 2.56 bits per heavy atom. The lowest BCUT2D eigenvalue weighted by Crippen LogP contribution is -3.14. The van der Waals surface area contributed by atoms with Crippen LogP contribution < -0.4 is 19.7 Å². The monoisotopic (exact) mass is 363 g/mol. The van der Waals surface area contributed by atoms with E-state index in [1.54, 1.807) is 19.2 Å². The average molecular weight is 364 g/mol. The van der Waals surface area contributed by atoms with E-state index >= 15 is 0 Å². The van der Waals surface area contributed by atoms with Crippen molar-refractivity contribution >= 4 is 23.2 Å². The number of halogens is 1. The minimum absolute atomic E-state index is 0.0616. The maximum atomic E-state index is 12.4. The molecule has 0 aliphatic heterocycles. The normalized spacial score (nSPS) is 13.0. The molecular formula is C19H24ClN2O3+. The van der Waals surface area contributed by atoms with Crippen molar-refractivity contribution in [2.75, 3.05) is 32.6 Å². The molecule has 5 nitrogen and oxygen atoms in total. The molecule has 0 aromatic heterocycles. The van der Waals surface area contributed by atoms with Gasteiger partial charge < -0.3 is 19.7 Å². The van der Waals surface area contributed by atoms with Crippen LogP contribution in [0.1, 0.15) is 6.92 Å². The largest absolute Gasteiger partial charge is 0.495 e. The van der Waals surface area contributed by atoms with E-state index in [2.05, 4.69) is 5.32 Å². The molecule has 0 bridgehead atoms. The lowest BCUT2D eigenvalue weighted by Gasteiger charge is -2.21. The third-order valence-electron chi connectivity index (χ3n) is 4.08. The van der Waals surface area contributed by atoms with Crippen LogP contribution in [0.15, 0.2) is 48.5 Å². The summed E-state index contributed by atoms with van der Waals surface area (Å²) in [4.78, 5) is 13.5. The quantitative estimate of drug-likeness (QED) is 0.756. The molecule has 0 heterocycles. The van der Waals surface area contributed by atoms with Gasteiger partial charge >= 0.3 is 0 Å². The number of hydrogen-bond acceptors (Lipinski definition) is 3. The number of rotatable bonds is 8. The highest BCUT2D eigenvalue weighted by atomic mass is 35.5. The van der Waals surface area contributed by atoms with Gasteiger partial charge in [0.25, 0.3) is 5.91 Å². The van der Waals surface area contributed by atoms with Gasteiger partial charge in [-0.2, -0.15) is 0 Å². The van der Waals surface area contributed by atoms with Gasteiger partial charge in [0.2, 0.25) is 0 Å². The number of amides is 1. The first-order valence-corrected chi connectivity index (χ1v) is 8.53. The fourth-order valence-corrected chi connectivity index (χ4v) is 2.42. The number of hydrogen-bond donors (Lipinski definition) is 2. The Balaban J connectivity index is 1.83. The molecule has 0 aliphatic rings. The van der Waals surface area contributed by atoms with Crippen LogP contribution in [0.5, 0.6) is 11.5 Å². The van der Waals surface area contributed by atoms with Crippen LogP contribution in [0.2, 0.25) is 5.02 Å². The van der Waals surface area contributed by atoms with Crippen molar-refractivity contribution in [1.29, 1.82) is 0 Å². The maximum absolute atomic E-state index is 12.4. The fraction of sp³-hybridized carbons (Fsp3) is 0.316. The molecule has 2 rings (SSSR count). The summed E-state index contributed by atoms with van der Waals surface area (Å²) in [6, 6.07) is 14.4. The van der Waals surface area contributed by atoms with E-state index < -0.39 is 0 Å². The molecule has 2 aromatic rings. The number of carbonyl (C=O) groups excluding carboxylic acids is 1. The second kappa shape index (κ2) is 9.30. The van der Waals surface area contributed by atoms with E-state index in [0.29, 0.717) is 29.6 Å². The zero-order valence-corrected chi connectivity index (χ0v) is 15.5. The lowest BCUT2D eigenvalue weighted by molar-refractivity contribution is -0.894. The summed E-state index contributed by atoms with van der Waals surface area (Å²) in [5, 5.41) is 3.59. The molecule has 2 N–H and O–H groups in total. The van der Waals surface area contributed by atoms with Gasteiger partial charge in [0, 0.05) is 5.02 Å². The number of ether oxygens (including phenoxy) is 2. The first-order chi connectivity index (χ1) is 12.0. The highest BCUT2D eigenvalue weighted by molar-refractivity contribution is 6.30. The molecule has 0 fully saturated rings. The molecular weight excluding hydrogens is 340 g/mol. The van der Waals surface area contributed by atoms with Gasteiger partial charge in [0.05, 0.1) is 19.8 Å². The van der Waals surface area contributed by atoms with E-state index in [-0.39, 0.29) is 11.9 Å². The van der Waals surface area contributed by atoms with Crippen LogP contribution in [0, 0.1) is 0 Å². The number of benzene rings is 2.